The molecule has 0 saturated carbocycles. The van der Waals surface area contributed by atoms with E-state index in [2.05, 4.69) is 0 Å². The van der Waals surface area contributed by atoms with Crippen LogP contribution in [-0.4, -0.2) is 59.5 Å². The first-order valence-electron chi connectivity index (χ1n) is 5.75. The van der Waals surface area contributed by atoms with Crippen LogP contribution in [0.3, 0.4) is 0 Å². The van der Waals surface area contributed by atoms with E-state index < -0.39 is 11.8 Å². The lowest BCUT2D eigenvalue weighted by atomic mass is 10.0. The highest BCUT2D eigenvalue weighted by atomic mass is 16.3. The number of hydrogen-bond donors (Lipinski definition) is 1. The molecule has 1 N–H and O–H groups in total. The highest BCUT2D eigenvalue weighted by molar-refractivity contribution is 6.34. The smallest absolute Gasteiger partial charge is 0.312 e. The molecule has 1 atom stereocenters. The molecule has 1 aliphatic rings. The largest absolute Gasteiger partial charge is 0.395 e. The van der Waals surface area contributed by atoms with Gasteiger partial charge >= 0.3 is 11.8 Å². The average Bonchev–Trinajstić information content (AvgIpc) is 2.28. The summed E-state index contributed by atoms with van der Waals surface area (Å²) in [5.41, 5.74) is 0. The van der Waals surface area contributed by atoms with Crippen molar-refractivity contribution < 1.29 is 14.7 Å². The van der Waals surface area contributed by atoms with Crippen molar-refractivity contribution in [3.8, 4) is 0 Å². The molecule has 0 radical (unpaired) electrons. The van der Waals surface area contributed by atoms with Crippen molar-refractivity contribution in [2.24, 2.45) is 0 Å². The molecule has 0 aliphatic carbocycles. The van der Waals surface area contributed by atoms with Gasteiger partial charge in [0.1, 0.15) is 0 Å². The van der Waals surface area contributed by atoms with Gasteiger partial charge in [0.25, 0.3) is 0 Å². The third-order valence-corrected chi connectivity index (χ3v) is 3.03. The van der Waals surface area contributed by atoms with Crippen LogP contribution in [0.15, 0.2) is 0 Å². The number of amides is 2. The molecule has 16 heavy (non-hydrogen) atoms. The second-order valence-electron chi connectivity index (χ2n) is 4.29. The van der Waals surface area contributed by atoms with E-state index in [0.29, 0.717) is 6.54 Å². The van der Waals surface area contributed by atoms with Crippen LogP contribution in [0, 0.1) is 0 Å². The number of likely N-dealkylation sites (N-methyl/N-ethyl adjacent to an activating group) is 1. The van der Waals surface area contributed by atoms with Crippen LogP contribution < -0.4 is 0 Å². The Kier molecular flexibility index (Phi) is 4.73. The number of aliphatic hydroxyl groups excluding tert-OH is 1. The number of piperidine rings is 1. The van der Waals surface area contributed by atoms with Gasteiger partial charge in [-0.2, -0.15) is 0 Å². The highest BCUT2D eigenvalue weighted by Crippen LogP contribution is 2.16. The molecule has 1 rings (SSSR count). The van der Waals surface area contributed by atoms with Gasteiger partial charge < -0.3 is 14.9 Å². The van der Waals surface area contributed by atoms with Gasteiger partial charge in [-0.1, -0.05) is 0 Å². The standard InChI is InChI=1S/C11H20N2O3/c1-9-5-3-4-6-13(9)11(16)10(15)12(2)7-8-14/h9,14H,3-8H2,1-2H3. The van der Waals surface area contributed by atoms with E-state index in [9.17, 15) is 9.59 Å². The van der Waals surface area contributed by atoms with Crippen LogP contribution >= 0.6 is 0 Å². The van der Waals surface area contributed by atoms with Crippen molar-refractivity contribution in [1.82, 2.24) is 9.80 Å². The number of carbonyl (C=O) groups is 2. The molecule has 2 amide bonds. The van der Waals surface area contributed by atoms with Gasteiger partial charge in [0, 0.05) is 26.2 Å². The van der Waals surface area contributed by atoms with Crippen LogP contribution in [0.5, 0.6) is 0 Å². The molecule has 1 aliphatic heterocycles. The van der Waals surface area contributed by atoms with E-state index in [4.69, 9.17) is 5.11 Å². The molecule has 0 aromatic heterocycles. The van der Waals surface area contributed by atoms with E-state index in [0.717, 1.165) is 19.3 Å². The molecular weight excluding hydrogens is 208 g/mol. The first kappa shape index (κ1) is 13.0. The third-order valence-electron chi connectivity index (χ3n) is 3.03. The Morgan fingerprint density at radius 3 is 2.69 bits per heavy atom. The number of rotatable bonds is 2. The van der Waals surface area contributed by atoms with E-state index in [1.807, 2.05) is 6.92 Å². The lowest BCUT2D eigenvalue weighted by molar-refractivity contribution is -0.153. The van der Waals surface area contributed by atoms with Crippen LogP contribution in [0.2, 0.25) is 0 Å². The third kappa shape index (κ3) is 2.95. The van der Waals surface area contributed by atoms with Crippen molar-refractivity contribution in [1.29, 1.82) is 0 Å². The first-order valence-corrected chi connectivity index (χ1v) is 5.75. The first-order chi connectivity index (χ1) is 7.57. The molecule has 0 bridgehead atoms. The van der Waals surface area contributed by atoms with Crippen LogP contribution in [-0.2, 0) is 9.59 Å². The summed E-state index contributed by atoms with van der Waals surface area (Å²) in [5, 5.41) is 8.71. The fraction of sp³-hybridized carbons (Fsp3) is 0.818. The Bertz CT molecular complexity index is 268. The molecule has 5 heteroatoms. The fourth-order valence-corrected chi connectivity index (χ4v) is 1.94. The Morgan fingerprint density at radius 1 is 1.44 bits per heavy atom. The van der Waals surface area contributed by atoms with Crippen molar-refractivity contribution in [2.75, 3.05) is 26.7 Å². The van der Waals surface area contributed by atoms with Gasteiger partial charge in [0.05, 0.1) is 6.61 Å². The zero-order chi connectivity index (χ0) is 12.1. The Balaban J connectivity index is 2.58. The lowest BCUT2D eigenvalue weighted by Gasteiger charge is -2.33. The molecule has 0 spiro atoms. The number of carbonyl (C=O) groups excluding carboxylic acids is 2. The molecule has 1 saturated heterocycles. The fourth-order valence-electron chi connectivity index (χ4n) is 1.94. The Hall–Kier alpha value is -1.10. The molecule has 0 aromatic rings. The zero-order valence-electron chi connectivity index (χ0n) is 9.98. The summed E-state index contributed by atoms with van der Waals surface area (Å²) >= 11 is 0. The SMILES string of the molecule is CC1CCCCN1C(=O)C(=O)N(C)CCO. The summed E-state index contributed by atoms with van der Waals surface area (Å²) in [5.74, 6) is -0.967. The van der Waals surface area contributed by atoms with Crippen molar-refractivity contribution in [2.45, 2.75) is 32.2 Å². The molecule has 1 unspecified atom stereocenters. The molecule has 0 aromatic carbocycles. The minimum absolute atomic E-state index is 0.120. The van der Waals surface area contributed by atoms with Crippen LogP contribution in [0.4, 0.5) is 0 Å². The number of likely N-dealkylation sites (tertiary alicyclic amines) is 1. The van der Waals surface area contributed by atoms with E-state index in [-0.39, 0.29) is 19.2 Å². The molecule has 5 nitrogen and oxygen atoms in total. The maximum atomic E-state index is 11.9. The van der Waals surface area contributed by atoms with Gasteiger partial charge in [0.2, 0.25) is 0 Å². The highest BCUT2D eigenvalue weighted by Gasteiger charge is 2.29. The molecular formula is C11H20N2O3. The number of hydrogen-bond acceptors (Lipinski definition) is 3. The summed E-state index contributed by atoms with van der Waals surface area (Å²) in [7, 11) is 1.53. The summed E-state index contributed by atoms with van der Waals surface area (Å²) in [6.07, 6.45) is 3.04. The predicted octanol–water partition coefficient (Wildman–Crippen LogP) is -0.162. The zero-order valence-corrected chi connectivity index (χ0v) is 9.98. The maximum Gasteiger partial charge on any atom is 0.312 e. The van der Waals surface area contributed by atoms with Gasteiger partial charge in [-0.15, -0.1) is 0 Å². The monoisotopic (exact) mass is 228 g/mol. The van der Waals surface area contributed by atoms with Crippen molar-refractivity contribution in [3.05, 3.63) is 0 Å². The summed E-state index contributed by atoms with van der Waals surface area (Å²) in [6, 6.07) is 0.146. The van der Waals surface area contributed by atoms with Gasteiger partial charge in [-0.3, -0.25) is 9.59 Å². The van der Waals surface area contributed by atoms with E-state index in [1.54, 1.807) is 4.90 Å². The summed E-state index contributed by atoms with van der Waals surface area (Å²) in [4.78, 5) is 26.5. The van der Waals surface area contributed by atoms with Crippen LogP contribution in [0.1, 0.15) is 26.2 Å². The topological polar surface area (TPSA) is 60.9 Å². The molecule has 1 fully saturated rings. The molecule has 92 valence electrons. The number of aliphatic hydroxyl groups is 1. The lowest BCUT2D eigenvalue weighted by Crippen LogP contribution is -2.49. The second kappa shape index (κ2) is 5.84. The summed E-state index contributed by atoms with van der Waals surface area (Å²) < 4.78 is 0. The second-order valence-corrected chi connectivity index (χ2v) is 4.29. The summed E-state index contributed by atoms with van der Waals surface area (Å²) in [6.45, 7) is 2.72. The predicted molar refractivity (Wildman–Crippen MR) is 59.7 cm³/mol. The number of nitrogens with zero attached hydrogens (tertiary/aromatic N) is 2. The minimum atomic E-state index is -0.525. The van der Waals surface area contributed by atoms with Gasteiger partial charge in [0.15, 0.2) is 0 Å². The average molecular weight is 228 g/mol. The normalized spacial score (nSPS) is 20.7. The Labute approximate surface area is 96.0 Å². The van der Waals surface area contributed by atoms with E-state index in [1.165, 1.54) is 11.9 Å². The molecule has 1 heterocycles. The van der Waals surface area contributed by atoms with E-state index >= 15 is 0 Å². The quantitative estimate of drug-likeness (QED) is 0.668. The van der Waals surface area contributed by atoms with Crippen molar-refractivity contribution in [3.63, 3.8) is 0 Å². The van der Waals surface area contributed by atoms with Gasteiger partial charge in [-0.05, 0) is 26.2 Å². The Morgan fingerprint density at radius 2 is 2.12 bits per heavy atom. The van der Waals surface area contributed by atoms with Crippen LogP contribution in [0.25, 0.3) is 0 Å². The maximum absolute atomic E-state index is 11.9. The van der Waals surface area contributed by atoms with Crippen molar-refractivity contribution >= 4 is 11.8 Å². The van der Waals surface area contributed by atoms with Gasteiger partial charge in [-0.25, -0.2) is 0 Å². The minimum Gasteiger partial charge on any atom is -0.395 e.